The first-order valence-electron chi connectivity index (χ1n) is 17.0. The number of H-pyrrole nitrogens is 1. The molecule has 53 heavy (non-hydrogen) atoms. The number of likely N-dealkylation sites (N-methyl/N-ethyl adjacent to an activating group) is 1. The predicted octanol–water partition coefficient (Wildman–Crippen LogP) is 5.36. The highest BCUT2D eigenvalue weighted by atomic mass is 19.4. The molecule has 272 valence electrons. The third kappa shape index (κ3) is 5.62. The minimum Gasteiger partial charge on any atom is -0.482 e. The molecule has 13 nitrogen and oxygen atoms in total. The summed E-state index contributed by atoms with van der Waals surface area (Å²) in [6.45, 7) is 2.23. The maximum Gasteiger partial charge on any atom is 0.490 e. The van der Waals surface area contributed by atoms with E-state index >= 15 is 0 Å². The average molecular weight is 727 g/mol. The smallest absolute Gasteiger partial charge is 0.482 e. The first-order chi connectivity index (χ1) is 25.2. The molecule has 1 unspecified atom stereocenters. The Hall–Kier alpha value is -5.95. The number of amides is 2. The Bertz CT molecular complexity index is 2410. The molecule has 2 amide bonds. The molecule has 5 aromatic rings. The Morgan fingerprint density at radius 1 is 1.09 bits per heavy atom. The number of nitrogens with zero attached hydrogens (tertiary/aromatic N) is 6. The second-order valence-electron chi connectivity index (χ2n) is 14.3. The van der Waals surface area contributed by atoms with Crippen LogP contribution in [0.15, 0.2) is 48.8 Å². The van der Waals surface area contributed by atoms with Gasteiger partial charge in [0, 0.05) is 61.1 Å². The number of aliphatic carboxylic acids is 1. The number of alkyl halides is 3. The SMILES string of the molecule is CN1C(=O)C2(CCN(CC3(CC#N)CC3)C2)c2c1cnc1[nH]c(-c3ccc4c(c3)OCC(=O)N4)c(-c3ccc4c(cnn4C)c3)c21.O=C(O)C(F)(F)F. The molecule has 2 aromatic carbocycles. The molecule has 2 fully saturated rings. The third-order valence-electron chi connectivity index (χ3n) is 10.9. The van der Waals surface area contributed by atoms with Crippen molar-refractivity contribution < 1.29 is 37.4 Å². The molecule has 9 rings (SSSR count). The van der Waals surface area contributed by atoms with E-state index in [1.807, 2.05) is 49.4 Å². The predicted molar refractivity (Wildman–Crippen MR) is 187 cm³/mol. The molecule has 1 saturated carbocycles. The van der Waals surface area contributed by atoms with E-state index in [9.17, 15) is 28.0 Å². The molecule has 0 radical (unpaired) electrons. The van der Waals surface area contributed by atoms with Crippen molar-refractivity contribution in [2.45, 2.75) is 37.3 Å². The summed E-state index contributed by atoms with van der Waals surface area (Å²) in [6, 6.07) is 14.5. The Balaban J connectivity index is 0.000000523. The number of aryl methyl sites for hydroxylation is 1. The number of halogens is 3. The van der Waals surface area contributed by atoms with Gasteiger partial charge in [0.15, 0.2) is 6.61 Å². The van der Waals surface area contributed by atoms with E-state index in [1.54, 1.807) is 4.90 Å². The van der Waals surface area contributed by atoms with Crippen molar-refractivity contribution in [3.8, 4) is 34.2 Å². The van der Waals surface area contributed by atoms with E-state index in [0.29, 0.717) is 36.5 Å². The fraction of sp³-hybridized carbons (Fsp3) is 0.351. The summed E-state index contributed by atoms with van der Waals surface area (Å²) in [7, 11) is 3.79. The average Bonchev–Trinajstić information content (AvgIpc) is 3.38. The van der Waals surface area contributed by atoms with Crippen molar-refractivity contribution >= 4 is 51.1 Å². The molecule has 1 saturated heterocycles. The Morgan fingerprint density at radius 2 is 1.85 bits per heavy atom. The van der Waals surface area contributed by atoms with Crippen LogP contribution < -0.4 is 15.0 Å². The second-order valence-corrected chi connectivity index (χ2v) is 14.3. The minimum absolute atomic E-state index is 0.0358. The number of carboxylic acid groups (broad SMARTS) is 1. The number of nitriles is 1. The summed E-state index contributed by atoms with van der Waals surface area (Å²) < 4.78 is 39.4. The van der Waals surface area contributed by atoms with E-state index in [4.69, 9.17) is 19.6 Å². The molecule has 3 N–H and O–H groups in total. The van der Waals surface area contributed by atoms with Gasteiger partial charge in [0.2, 0.25) is 5.91 Å². The van der Waals surface area contributed by atoms with Gasteiger partial charge >= 0.3 is 12.1 Å². The number of carbonyl (C=O) groups excluding carboxylic acids is 2. The molecule has 0 bridgehead atoms. The van der Waals surface area contributed by atoms with Crippen LogP contribution in [0.5, 0.6) is 5.75 Å². The molecular formula is C37H33F3N8O5. The lowest BCUT2D eigenvalue weighted by atomic mass is 9.78. The van der Waals surface area contributed by atoms with Gasteiger partial charge in [-0.1, -0.05) is 12.1 Å². The first-order valence-corrected chi connectivity index (χ1v) is 17.0. The van der Waals surface area contributed by atoms with Gasteiger partial charge in [-0.05, 0) is 61.1 Å². The van der Waals surface area contributed by atoms with Crippen LogP contribution >= 0.6 is 0 Å². The number of hydrogen-bond acceptors (Lipinski definition) is 8. The molecule has 1 spiro atoms. The third-order valence-corrected chi connectivity index (χ3v) is 10.9. The molecular weight excluding hydrogens is 693 g/mol. The number of anilines is 2. The number of fused-ring (bicyclic) bond motifs is 6. The second kappa shape index (κ2) is 12.1. The van der Waals surface area contributed by atoms with Crippen LogP contribution in [0.4, 0.5) is 24.5 Å². The highest BCUT2D eigenvalue weighted by Crippen LogP contribution is 2.55. The Kier molecular flexibility index (Phi) is 7.77. The number of aromatic nitrogens is 4. The summed E-state index contributed by atoms with van der Waals surface area (Å²) in [5, 5.41) is 25.9. The van der Waals surface area contributed by atoms with Crippen molar-refractivity contribution in [2.75, 3.05) is 43.5 Å². The summed E-state index contributed by atoms with van der Waals surface area (Å²) in [4.78, 5) is 47.9. The molecule has 4 aliphatic rings. The fourth-order valence-electron chi connectivity index (χ4n) is 8.09. The van der Waals surface area contributed by atoms with Crippen molar-refractivity contribution in [1.82, 2.24) is 24.6 Å². The van der Waals surface area contributed by atoms with Gasteiger partial charge in [0.25, 0.3) is 5.91 Å². The van der Waals surface area contributed by atoms with Gasteiger partial charge in [0.1, 0.15) is 11.4 Å². The summed E-state index contributed by atoms with van der Waals surface area (Å²) in [5.74, 6) is -2.24. The Labute approximate surface area is 299 Å². The van der Waals surface area contributed by atoms with E-state index < -0.39 is 17.6 Å². The standard InChI is InChI=1S/C35H32N8O3.C2HF3O2/c1-41-25-16-37-32-29(30(25)35(33(41)45)10-12-43(19-35)18-34(7-8-34)9-11-36)28(20-4-6-24-22(13-20)15-38-42(24)2)31(40-32)21-3-5-23-26(14-21)46-17-27(44)39-23;3-2(4,5)1(6)7/h3-6,13-16H,7-10,12,17-19H2,1-2H3,(H,37,40)(H,39,44);(H,6,7). The van der Waals surface area contributed by atoms with Gasteiger partial charge in [0.05, 0.1) is 46.5 Å². The molecule has 1 atom stereocenters. The van der Waals surface area contributed by atoms with Crippen LogP contribution in [0, 0.1) is 16.7 Å². The van der Waals surface area contributed by atoms with Gasteiger partial charge < -0.3 is 29.9 Å². The number of benzene rings is 2. The molecule has 6 heterocycles. The topological polar surface area (TPSA) is 169 Å². The Morgan fingerprint density at radius 3 is 2.57 bits per heavy atom. The number of aromatic amines is 1. The van der Waals surface area contributed by atoms with Crippen LogP contribution in [-0.4, -0.2) is 87.0 Å². The van der Waals surface area contributed by atoms with Crippen molar-refractivity contribution in [3.63, 3.8) is 0 Å². The van der Waals surface area contributed by atoms with Crippen LogP contribution in [-0.2, 0) is 26.8 Å². The van der Waals surface area contributed by atoms with E-state index in [0.717, 1.165) is 75.9 Å². The lowest BCUT2D eigenvalue weighted by molar-refractivity contribution is -0.192. The number of nitrogens with one attached hydrogen (secondary N) is 2. The van der Waals surface area contributed by atoms with Gasteiger partial charge in [-0.15, -0.1) is 0 Å². The normalized spacial score (nSPS) is 20.1. The number of carbonyl (C=O) groups is 3. The van der Waals surface area contributed by atoms with Crippen LogP contribution in [0.3, 0.4) is 0 Å². The lowest BCUT2D eigenvalue weighted by Gasteiger charge is -2.26. The van der Waals surface area contributed by atoms with Crippen LogP contribution in [0.2, 0.25) is 0 Å². The molecule has 3 aromatic heterocycles. The van der Waals surface area contributed by atoms with Gasteiger partial charge in [-0.3, -0.25) is 14.3 Å². The largest absolute Gasteiger partial charge is 0.490 e. The number of likely N-dealkylation sites (tertiary alicyclic amines) is 1. The number of hydrogen-bond donors (Lipinski definition) is 3. The van der Waals surface area contributed by atoms with Crippen LogP contribution in [0.1, 0.15) is 31.2 Å². The number of pyridine rings is 1. The molecule has 16 heteroatoms. The van der Waals surface area contributed by atoms with E-state index in [-0.39, 0.29) is 23.8 Å². The summed E-state index contributed by atoms with van der Waals surface area (Å²) in [5.41, 5.74) is 7.27. The van der Waals surface area contributed by atoms with Crippen molar-refractivity contribution in [1.29, 1.82) is 5.26 Å². The zero-order valence-electron chi connectivity index (χ0n) is 28.7. The fourth-order valence-corrected chi connectivity index (χ4v) is 8.09. The van der Waals surface area contributed by atoms with Gasteiger partial charge in [-0.25, -0.2) is 9.78 Å². The molecule has 1 aliphatic carbocycles. The minimum atomic E-state index is -5.08. The van der Waals surface area contributed by atoms with E-state index in [2.05, 4.69) is 44.6 Å². The summed E-state index contributed by atoms with van der Waals surface area (Å²) in [6.07, 6.45) is 2.02. The lowest BCUT2D eigenvalue weighted by Crippen LogP contribution is -2.41. The zero-order valence-corrected chi connectivity index (χ0v) is 28.7. The molecule has 3 aliphatic heterocycles. The number of carboxylic acids is 1. The number of rotatable bonds is 5. The van der Waals surface area contributed by atoms with Crippen molar-refractivity contribution in [2.24, 2.45) is 12.5 Å². The van der Waals surface area contributed by atoms with E-state index in [1.165, 1.54) is 0 Å². The quantitative estimate of drug-likeness (QED) is 0.216. The maximum absolute atomic E-state index is 14.3. The van der Waals surface area contributed by atoms with Gasteiger partial charge in [-0.2, -0.15) is 23.5 Å². The maximum atomic E-state index is 14.3. The monoisotopic (exact) mass is 726 g/mol. The first kappa shape index (κ1) is 34.2. The zero-order chi connectivity index (χ0) is 37.4. The van der Waals surface area contributed by atoms with Crippen LogP contribution in [0.25, 0.3) is 44.3 Å². The highest BCUT2D eigenvalue weighted by molar-refractivity contribution is 6.17. The highest BCUT2D eigenvalue weighted by Gasteiger charge is 2.56. The number of ether oxygens (including phenoxy) is 1. The summed E-state index contributed by atoms with van der Waals surface area (Å²) >= 11 is 0. The van der Waals surface area contributed by atoms with Crippen molar-refractivity contribution in [3.05, 3.63) is 54.4 Å².